The molecule has 6 heteroatoms. The van der Waals surface area contributed by atoms with Gasteiger partial charge in [0.15, 0.2) is 0 Å². The van der Waals surface area contributed by atoms with Crippen LogP contribution in [0.25, 0.3) is 0 Å². The molecule has 5 rings (SSSR count). The molecule has 0 saturated carbocycles. The molecule has 0 radical (unpaired) electrons. The Morgan fingerprint density at radius 3 is 0.703 bits per heavy atom. The van der Waals surface area contributed by atoms with Gasteiger partial charge in [-0.05, 0) is 72.2 Å². The zero-order chi connectivity index (χ0) is 52.3. The summed E-state index contributed by atoms with van der Waals surface area (Å²) in [5, 5.41) is 0. The van der Waals surface area contributed by atoms with E-state index in [2.05, 4.69) is 88.4 Å². The summed E-state index contributed by atoms with van der Waals surface area (Å²) in [6.45, 7) is 11.9. The Morgan fingerprint density at radius 2 is 0.459 bits per heavy atom. The Kier molecular flexibility index (Phi) is 30.6. The molecule has 0 amide bonds. The second-order valence-electron chi connectivity index (χ2n) is 22.1. The molecule has 0 aliphatic heterocycles. The van der Waals surface area contributed by atoms with Crippen molar-refractivity contribution in [3.63, 3.8) is 0 Å². The van der Waals surface area contributed by atoms with Crippen molar-refractivity contribution in [2.45, 2.75) is 259 Å². The molecular weight excluding hydrogens is 909 g/mol. The van der Waals surface area contributed by atoms with E-state index in [-0.39, 0.29) is 0 Å². The van der Waals surface area contributed by atoms with E-state index in [9.17, 15) is 0 Å². The Morgan fingerprint density at radius 1 is 0.270 bits per heavy atom. The van der Waals surface area contributed by atoms with Crippen molar-refractivity contribution in [3.05, 3.63) is 105 Å². The number of anilines is 2. The van der Waals surface area contributed by atoms with Gasteiger partial charge in [-0.2, -0.15) is 0 Å². The molecule has 0 fully saturated rings. The number of rotatable bonds is 40. The summed E-state index contributed by atoms with van der Waals surface area (Å²) >= 11 is 0. The summed E-state index contributed by atoms with van der Waals surface area (Å²) in [6.07, 6.45) is 42.9. The topological polar surface area (TPSA) is 89.0 Å². The second-order valence-corrected chi connectivity index (χ2v) is 22.1. The van der Waals surface area contributed by atoms with Gasteiger partial charge in [-0.1, -0.05) is 244 Å². The lowest BCUT2D eigenvalue weighted by Crippen LogP contribution is -2.11. The molecule has 0 saturated heterocycles. The summed E-state index contributed by atoms with van der Waals surface area (Å²) < 4.78 is 28.1. The number of unbranched alkanes of at least 4 members (excludes halogenated alkanes) is 28. The van der Waals surface area contributed by atoms with E-state index < -0.39 is 0 Å². The molecule has 6 nitrogen and oxygen atoms in total. The van der Waals surface area contributed by atoms with E-state index in [1.165, 1.54) is 202 Å². The molecule has 74 heavy (non-hydrogen) atoms. The van der Waals surface area contributed by atoms with E-state index >= 15 is 0 Å². The number of benzene rings is 4. The lowest BCUT2D eigenvalue weighted by atomic mass is 9.90. The van der Waals surface area contributed by atoms with E-state index in [0.29, 0.717) is 52.1 Å². The molecule has 1 aliphatic carbocycles. The van der Waals surface area contributed by atoms with Crippen LogP contribution < -0.4 is 30.4 Å². The number of fused-ring (bicyclic) bond motifs is 8. The first-order valence-corrected chi connectivity index (χ1v) is 31.0. The van der Waals surface area contributed by atoms with E-state index in [0.717, 1.165) is 82.3 Å². The number of nitrogen functional groups attached to an aromatic ring is 2. The van der Waals surface area contributed by atoms with Crippen LogP contribution in [-0.4, -0.2) is 26.4 Å². The van der Waals surface area contributed by atoms with E-state index in [1.807, 2.05) is 0 Å². The smallest absolute Gasteiger partial charge is 0.126 e. The zero-order valence-electron chi connectivity index (χ0n) is 47.8. The maximum atomic E-state index is 7.04. The van der Waals surface area contributed by atoms with Gasteiger partial charge in [0.2, 0.25) is 0 Å². The molecule has 8 bridgehead atoms. The van der Waals surface area contributed by atoms with Crippen molar-refractivity contribution in [1.82, 2.24) is 0 Å². The highest BCUT2D eigenvalue weighted by Crippen LogP contribution is 2.41. The second kappa shape index (κ2) is 37.4. The quantitative estimate of drug-likeness (QED) is 0.0300. The highest BCUT2D eigenvalue weighted by Gasteiger charge is 2.23. The SMILES string of the molecule is CCCCCCCCCCOc1c2cccc1Cc1cc(N)cc(c1OCCCCCCCCCC)Cc1cc(N)cc(c1OCCCCCCCCCC)Cc1cccc(c1OCCCCCCCCCC)C2. The summed E-state index contributed by atoms with van der Waals surface area (Å²) in [4.78, 5) is 0. The van der Waals surface area contributed by atoms with Gasteiger partial charge in [-0.3, -0.25) is 0 Å². The molecule has 4 N–H and O–H groups in total. The monoisotopic (exact) mass is 1010 g/mol. The van der Waals surface area contributed by atoms with Gasteiger partial charge in [0.1, 0.15) is 23.0 Å². The molecule has 0 spiro atoms. The summed E-state index contributed by atoms with van der Waals surface area (Å²) in [6, 6.07) is 22.1. The lowest BCUT2D eigenvalue weighted by molar-refractivity contribution is 0.293. The van der Waals surface area contributed by atoms with Crippen molar-refractivity contribution < 1.29 is 18.9 Å². The maximum absolute atomic E-state index is 7.04. The third-order valence-electron chi connectivity index (χ3n) is 15.4. The standard InChI is InChI=1S/C68H106N2O4/c1-5-9-13-17-21-25-29-33-43-71-65-55-39-37-41-57(65)48-59-51-63(69)53-61(67(59)73-45-35-31-27-23-19-15-11-7-3)50-62-54-64(70)52-60(68(62)74-46-36-32-28-24-20-16-12-8-4)49-58-42-38-40-56(47-55)66(58)72-44-34-30-26-22-18-14-10-6-2/h37-42,51-54H,5-36,43-50,69-70H2,1-4H3. The zero-order valence-corrected chi connectivity index (χ0v) is 47.8. The van der Waals surface area contributed by atoms with Gasteiger partial charge >= 0.3 is 0 Å². The van der Waals surface area contributed by atoms with Gasteiger partial charge < -0.3 is 30.4 Å². The average Bonchev–Trinajstić information content (AvgIpc) is 3.38. The Balaban J connectivity index is 1.53. The van der Waals surface area contributed by atoms with Crippen LogP contribution in [-0.2, 0) is 25.7 Å². The highest BCUT2D eigenvalue weighted by molar-refractivity contribution is 5.62. The van der Waals surface area contributed by atoms with Crippen LogP contribution in [0.4, 0.5) is 11.4 Å². The molecule has 0 unspecified atom stereocenters. The third-order valence-corrected chi connectivity index (χ3v) is 15.4. The lowest BCUT2D eigenvalue weighted by Gasteiger charge is -2.23. The minimum Gasteiger partial charge on any atom is -0.493 e. The van der Waals surface area contributed by atoms with Crippen molar-refractivity contribution in [2.75, 3.05) is 37.9 Å². The van der Waals surface area contributed by atoms with Crippen molar-refractivity contribution >= 4 is 11.4 Å². The predicted octanol–water partition coefficient (Wildman–Crippen LogP) is 19.6. The molecular formula is C68H106N2O4. The summed E-state index contributed by atoms with van der Waals surface area (Å²) in [5.41, 5.74) is 24.5. The fourth-order valence-electron chi connectivity index (χ4n) is 11.1. The first-order valence-electron chi connectivity index (χ1n) is 31.0. The van der Waals surface area contributed by atoms with Crippen molar-refractivity contribution in [2.24, 2.45) is 0 Å². The summed E-state index contributed by atoms with van der Waals surface area (Å²) in [5.74, 6) is 3.87. The molecule has 4 aromatic rings. The van der Waals surface area contributed by atoms with Crippen LogP contribution in [0.2, 0.25) is 0 Å². The normalized spacial score (nSPS) is 12.3. The Hall–Kier alpha value is -4.32. The van der Waals surface area contributed by atoms with Crippen LogP contribution in [0.3, 0.4) is 0 Å². The largest absolute Gasteiger partial charge is 0.493 e. The van der Waals surface area contributed by atoms with Crippen LogP contribution in [0.15, 0.2) is 60.7 Å². The summed E-state index contributed by atoms with van der Waals surface area (Å²) in [7, 11) is 0. The Bertz CT molecular complexity index is 1960. The number of hydrogen-bond acceptors (Lipinski definition) is 6. The maximum Gasteiger partial charge on any atom is 0.126 e. The first-order chi connectivity index (χ1) is 36.4. The van der Waals surface area contributed by atoms with Gasteiger partial charge in [0.25, 0.3) is 0 Å². The molecule has 0 atom stereocenters. The van der Waals surface area contributed by atoms with E-state index in [1.54, 1.807) is 0 Å². The minimum absolute atomic E-state index is 0.597. The molecule has 4 aromatic carbocycles. The van der Waals surface area contributed by atoms with Gasteiger partial charge in [0, 0.05) is 59.3 Å². The number of nitrogens with two attached hydrogens (primary N) is 2. The average molecular weight is 1020 g/mol. The molecule has 412 valence electrons. The third kappa shape index (κ3) is 22.5. The first kappa shape index (κ1) is 60.5. The van der Waals surface area contributed by atoms with Crippen molar-refractivity contribution in [3.8, 4) is 23.0 Å². The number of para-hydroxylation sites is 2. The predicted molar refractivity (Wildman–Crippen MR) is 318 cm³/mol. The fourth-order valence-corrected chi connectivity index (χ4v) is 11.1. The van der Waals surface area contributed by atoms with Gasteiger partial charge in [0.05, 0.1) is 26.4 Å². The van der Waals surface area contributed by atoms with E-state index in [4.69, 9.17) is 30.4 Å². The Labute approximate surface area is 453 Å². The van der Waals surface area contributed by atoms with Crippen molar-refractivity contribution in [1.29, 1.82) is 0 Å². The highest BCUT2D eigenvalue weighted by atomic mass is 16.5. The van der Waals surface area contributed by atoms with Gasteiger partial charge in [-0.15, -0.1) is 0 Å². The number of ether oxygens (including phenoxy) is 4. The van der Waals surface area contributed by atoms with Crippen LogP contribution in [0, 0.1) is 0 Å². The molecule has 0 heterocycles. The molecule has 0 aromatic heterocycles. The van der Waals surface area contributed by atoms with Crippen LogP contribution >= 0.6 is 0 Å². The minimum atomic E-state index is 0.597. The van der Waals surface area contributed by atoms with Crippen LogP contribution in [0.5, 0.6) is 23.0 Å². The van der Waals surface area contributed by atoms with Gasteiger partial charge in [-0.25, -0.2) is 0 Å². The molecule has 1 aliphatic rings. The fraction of sp³-hybridized carbons (Fsp3) is 0.647. The van der Waals surface area contributed by atoms with Crippen LogP contribution in [0.1, 0.15) is 278 Å². The number of hydrogen-bond donors (Lipinski definition) is 2.